The fraction of sp³-hybridized carbons (Fsp3) is 0.455. The summed E-state index contributed by atoms with van der Waals surface area (Å²) < 4.78 is 13.6. The zero-order valence-electron chi connectivity index (χ0n) is 8.76. The first-order valence-electron chi connectivity index (χ1n) is 4.61. The number of halogens is 1. The molecule has 0 amide bonds. The SMILES string of the molecule is CC(C)(C)c1ccc(CNO)cc1F. The Hall–Kier alpha value is -0.930. The normalized spacial score (nSPS) is 11.8. The first-order chi connectivity index (χ1) is 6.45. The van der Waals surface area contributed by atoms with Crippen LogP contribution in [0, 0.1) is 5.82 Å². The second-order valence-corrected chi connectivity index (χ2v) is 4.40. The minimum atomic E-state index is -0.217. The van der Waals surface area contributed by atoms with E-state index in [0.29, 0.717) is 5.56 Å². The van der Waals surface area contributed by atoms with Gasteiger partial charge in [-0.25, -0.2) is 9.87 Å². The standard InChI is InChI=1S/C11H16FNO/c1-11(2,3)9-5-4-8(7-13-14)6-10(9)12/h4-6,13-14H,7H2,1-3H3. The number of nitrogens with one attached hydrogen (secondary N) is 1. The summed E-state index contributed by atoms with van der Waals surface area (Å²) in [5.74, 6) is -0.217. The van der Waals surface area contributed by atoms with Gasteiger partial charge in [0.05, 0.1) is 0 Å². The van der Waals surface area contributed by atoms with Gasteiger partial charge in [0.2, 0.25) is 0 Å². The van der Waals surface area contributed by atoms with Crippen molar-refractivity contribution in [1.29, 1.82) is 0 Å². The van der Waals surface area contributed by atoms with E-state index >= 15 is 0 Å². The third-order valence-electron chi connectivity index (χ3n) is 2.12. The van der Waals surface area contributed by atoms with Crippen LogP contribution in [0.1, 0.15) is 31.9 Å². The third kappa shape index (κ3) is 2.53. The van der Waals surface area contributed by atoms with Crippen molar-refractivity contribution in [3.63, 3.8) is 0 Å². The molecule has 0 heterocycles. The first kappa shape index (κ1) is 11.1. The highest BCUT2D eigenvalue weighted by Gasteiger charge is 2.17. The van der Waals surface area contributed by atoms with Crippen molar-refractivity contribution < 1.29 is 9.60 Å². The van der Waals surface area contributed by atoms with E-state index < -0.39 is 0 Å². The van der Waals surface area contributed by atoms with Crippen molar-refractivity contribution in [3.8, 4) is 0 Å². The lowest BCUT2D eigenvalue weighted by molar-refractivity contribution is 0.161. The molecule has 0 aromatic heterocycles. The zero-order chi connectivity index (χ0) is 10.8. The molecule has 0 atom stereocenters. The van der Waals surface area contributed by atoms with Crippen molar-refractivity contribution in [2.24, 2.45) is 0 Å². The molecular weight excluding hydrogens is 181 g/mol. The maximum Gasteiger partial charge on any atom is 0.127 e. The fourth-order valence-corrected chi connectivity index (χ4v) is 1.37. The number of hydroxylamine groups is 1. The van der Waals surface area contributed by atoms with Gasteiger partial charge in [0, 0.05) is 6.54 Å². The summed E-state index contributed by atoms with van der Waals surface area (Å²) in [5, 5.41) is 8.47. The minimum Gasteiger partial charge on any atom is -0.316 e. The lowest BCUT2D eigenvalue weighted by Crippen LogP contribution is -2.14. The van der Waals surface area contributed by atoms with Crippen molar-refractivity contribution in [2.75, 3.05) is 0 Å². The summed E-state index contributed by atoms with van der Waals surface area (Å²) in [4.78, 5) is 0. The highest BCUT2D eigenvalue weighted by molar-refractivity contribution is 5.29. The summed E-state index contributed by atoms with van der Waals surface area (Å²) in [5.41, 5.74) is 3.25. The summed E-state index contributed by atoms with van der Waals surface area (Å²) in [7, 11) is 0. The van der Waals surface area contributed by atoms with E-state index in [2.05, 4.69) is 0 Å². The molecule has 78 valence electrons. The van der Waals surface area contributed by atoms with E-state index in [0.717, 1.165) is 5.56 Å². The lowest BCUT2D eigenvalue weighted by atomic mass is 9.86. The van der Waals surface area contributed by atoms with E-state index in [4.69, 9.17) is 5.21 Å². The van der Waals surface area contributed by atoms with Gasteiger partial charge in [-0.15, -0.1) is 0 Å². The van der Waals surface area contributed by atoms with Crippen LogP contribution in [0.2, 0.25) is 0 Å². The van der Waals surface area contributed by atoms with Crippen LogP contribution in [0.5, 0.6) is 0 Å². The summed E-state index contributed by atoms with van der Waals surface area (Å²) in [6.45, 7) is 6.17. The maximum atomic E-state index is 13.6. The van der Waals surface area contributed by atoms with Crippen LogP contribution in [0.4, 0.5) is 4.39 Å². The van der Waals surface area contributed by atoms with Gasteiger partial charge in [0.15, 0.2) is 0 Å². The molecule has 0 fully saturated rings. The molecule has 14 heavy (non-hydrogen) atoms. The van der Waals surface area contributed by atoms with Crippen LogP contribution in [-0.2, 0) is 12.0 Å². The summed E-state index contributed by atoms with van der Waals surface area (Å²) in [6, 6.07) is 5.03. The molecule has 2 N–H and O–H groups in total. The molecule has 0 aliphatic heterocycles. The molecule has 0 spiro atoms. The van der Waals surface area contributed by atoms with Gasteiger partial charge in [-0.05, 0) is 22.6 Å². The molecule has 1 aromatic rings. The van der Waals surface area contributed by atoms with Gasteiger partial charge in [0.25, 0.3) is 0 Å². The zero-order valence-corrected chi connectivity index (χ0v) is 8.76. The smallest absolute Gasteiger partial charge is 0.127 e. The Balaban J connectivity index is 3.02. The van der Waals surface area contributed by atoms with Gasteiger partial charge in [-0.3, -0.25) is 0 Å². The number of hydrogen-bond donors (Lipinski definition) is 2. The molecule has 3 heteroatoms. The molecule has 0 saturated carbocycles. The van der Waals surface area contributed by atoms with Gasteiger partial charge in [-0.1, -0.05) is 32.9 Å². The molecule has 1 aromatic carbocycles. The molecule has 1 rings (SSSR count). The number of rotatable bonds is 2. The Morgan fingerprint density at radius 3 is 2.43 bits per heavy atom. The third-order valence-corrected chi connectivity index (χ3v) is 2.12. The van der Waals surface area contributed by atoms with Gasteiger partial charge in [-0.2, -0.15) is 0 Å². The van der Waals surface area contributed by atoms with Crippen LogP contribution < -0.4 is 5.48 Å². The van der Waals surface area contributed by atoms with Crippen LogP contribution in [0.15, 0.2) is 18.2 Å². The van der Waals surface area contributed by atoms with E-state index in [1.807, 2.05) is 32.3 Å². The molecule has 0 aliphatic rings. The Kier molecular flexibility index (Phi) is 3.24. The Bertz CT molecular complexity index is 318. The first-order valence-corrected chi connectivity index (χ1v) is 4.61. The predicted molar refractivity (Wildman–Crippen MR) is 53.7 cm³/mol. The average molecular weight is 197 g/mol. The average Bonchev–Trinajstić information content (AvgIpc) is 2.02. The quantitative estimate of drug-likeness (QED) is 0.714. The maximum absolute atomic E-state index is 13.6. The van der Waals surface area contributed by atoms with Gasteiger partial charge < -0.3 is 5.21 Å². The fourth-order valence-electron chi connectivity index (χ4n) is 1.37. The van der Waals surface area contributed by atoms with Crippen LogP contribution in [0.25, 0.3) is 0 Å². The minimum absolute atomic E-state index is 0.185. The van der Waals surface area contributed by atoms with Crippen molar-refractivity contribution in [1.82, 2.24) is 5.48 Å². The topological polar surface area (TPSA) is 32.3 Å². The Morgan fingerprint density at radius 1 is 1.36 bits per heavy atom. The molecular formula is C11H16FNO. The van der Waals surface area contributed by atoms with E-state index in [1.54, 1.807) is 6.07 Å². The van der Waals surface area contributed by atoms with Crippen molar-refractivity contribution in [3.05, 3.63) is 35.1 Å². The Labute approximate surface area is 83.7 Å². The van der Waals surface area contributed by atoms with Crippen LogP contribution in [0.3, 0.4) is 0 Å². The van der Waals surface area contributed by atoms with E-state index in [-0.39, 0.29) is 17.8 Å². The molecule has 2 nitrogen and oxygen atoms in total. The van der Waals surface area contributed by atoms with Crippen LogP contribution in [-0.4, -0.2) is 5.21 Å². The summed E-state index contributed by atoms with van der Waals surface area (Å²) >= 11 is 0. The van der Waals surface area contributed by atoms with E-state index in [1.165, 1.54) is 6.07 Å². The monoisotopic (exact) mass is 197 g/mol. The van der Waals surface area contributed by atoms with Crippen LogP contribution >= 0.6 is 0 Å². The second-order valence-electron chi connectivity index (χ2n) is 4.40. The molecule has 0 bridgehead atoms. The summed E-state index contributed by atoms with van der Waals surface area (Å²) in [6.07, 6.45) is 0. The predicted octanol–water partition coefficient (Wildman–Crippen LogP) is 2.60. The molecule has 0 radical (unpaired) electrons. The highest BCUT2D eigenvalue weighted by Crippen LogP contribution is 2.25. The molecule has 0 unspecified atom stereocenters. The second kappa shape index (κ2) is 4.07. The Morgan fingerprint density at radius 2 is 2.00 bits per heavy atom. The van der Waals surface area contributed by atoms with E-state index in [9.17, 15) is 4.39 Å². The highest BCUT2D eigenvalue weighted by atomic mass is 19.1. The van der Waals surface area contributed by atoms with Crippen molar-refractivity contribution >= 4 is 0 Å². The molecule has 0 aliphatic carbocycles. The lowest BCUT2D eigenvalue weighted by Gasteiger charge is -2.20. The van der Waals surface area contributed by atoms with Gasteiger partial charge >= 0.3 is 0 Å². The molecule has 0 saturated heterocycles. The van der Waals surface area contributed by atoms with Gasteiger partial charge in [0.1, 0.15) is 5.82 Å². The number of hydrogen-bond acceptors (Lipinski definition) is 2. The number of benzene rings is 1. The largest absolute Gasteiger partial charge is 0.316 e. The van der Waals surface area contributed by atoms with Crippen molar-refractivity contribution in [2.45, 2.75) is 32.7 Å².